The highest BCUT2D eigenvalue weighted by Crippen LogP contribution is 2.09. The van der Waals surface area contributed by atoms with Gasteiger partial charge in [0.25, 0.3) is 0 Å². The van der Waals surface area contributed by atoms with Crippen LogP contribution in [0.2, 0.25) is 0 Å². The average Bonchev–Trinajstić information content (AvgIpc) is 2.05. The molecule has 0 bridgehead atoms. The Kier molecular flexibility index (Phi) is 4.94. The van der Waals surface area contributed by atoms with Crippen molar-refractivity contribution in [2.24, 2.45) is 11.8 Å². The van der Waals surface area contributed by atoms with E-state index in [9.17, 15) is 4.79 Å². The lowest BCUT2D eigenvalue weighted by atomic mass is 10.00. The predicted octanol–water partition coefficient (Wildman–Crippen LogP) is 1.58. The van der Waals surface area contributed by atoms with Crippen LogP contribution in [0.3, 0.4) is 0 Å². The standard InChI is InChI=1S/C11H21NO2/c1-9(2)4-3-5-14-11(13)6-10-7-12-8-10/h9-10,12H,3-8H2,1-2H3. The first-order valence-corrected chi connectivity index (χ1v) is 5.55. The summed E-state index contributed by atoms with van der Waals surface area (Å²) < 4.78 is 5.13. The second-order valence-corrected chi connectivity index (χ2v) is 4.48. The Morgan fingerprint density at radius 1 is 1.50 bits per heavy atom. The molecule has 1 saturated heterocycles. The highest BCUT2D eigenvalue weighted by atomic mass is 16.5. The first-order valence-electron chi connectivity index (χ1n) is 5.55. The Balaban J connectivity index is 1.92. The van der Waals surface area contributed by atoms with Gasteiger partial charge in [0.2, 0.25) is 0 Å². The first kappa shape index (κ1) is 11.5. The maximum absolute atomic E-state index is 11.2. The number of nitrogens with one attached hydrogen (secondary N) is 1. The quantitative estimate of drug-likeness (QED) is 0.521. The van der Waals surface area contributed by atoms with E-state index < -0.39 is 0 Å². The van der Waals surface area contributed by atoms with Crippen molar-refractivity contribution in [2.45, 2.75) is 33.1 Å². The van der Waals surface area contributed by atoms with Crippen LogP contribution in [0.5, 0.6) is 0 Å². The zero-order valence-electron chi connectivity index (χ0n) is 9.21. The number of carbonyl (C=O) groups is 1. The van der Waals surface area contributed by atoms with Crippen molar-refractivity contribution in [1.82, 2.24) is 5.32 Å². The molecular weight excluding hydrogens is 178 g/mol. The minimum Gasteiger partial charge on any atom is -0.466 e. The van der Waals surface area contributed by atoms with Gasteiger partial charge in [-0.1, -0.05) is 13.8 Å². The number of rotatable bonds is 6. The first-order chi connectivity index (χ1) is 6.68. The second-order valence-electron chi connectivity index (χ2n) is 4.48. The van der Waals surface area contributed by atoms with Crippen molar-refractivity contribution in [2.75, 3.05) is 19.7 Å². The molecule has 14 heavy (non-hydrogen) atoms. The van der Waals surface area contributed by atoms with Gasteiger partial charge in [-0.15, -0.1) is 0 Å². The molecule has 0 radical (unpaired) electrons. The summed E-state index contributed by atoms with van der Waals surface area (Å²) in [4.78, 5) is 11.2. The Morgan fingerprint density at radius 3 is 2.71 bits per heavy atom. The molecule has 0 saturated carbocycles. The third kappa shape index (κ3) is 4.61. The molecule has 0 atom stereocenters. The summed E-state index contributed by atoms with van der Waals surface area (Å²) in [6.07, 6.45) is 2.72. The molecule has 0 aromatic carbocycles. The van der Waals surface area contributed by atoms with E-state index in [0.29, 0.717) is 24.9 Å². The molecule has 0 aliphatic carbocycles. The van der Waals surface area contributed by atoms with Gasteiger partial charge >= 0.3 is 5.97 Å². The van der Waals surface area contributed by atoms with Gasteiger partial charge in [0, 0.05) is 0 Å². The summed E-state index contributed by atoms with van der Waals surface area (Å²) >= 11 is 0. The number of hydrogen-bond donors (Lipinski definition) is 1. The van der Waals surface area contributed by atoms with E-state index in [1.165, 1.54) is 0 Å². The van der Waals surface area contributed by atoms with Crippen LogP contribution in [0.1, 0.15) is 33.1 Å². The molecule has 0 spiro atoms. The molecule has 1 heterocycles. The molecule has 1 fully saturated rings. The van der Waals surface area contributed by atoms with Gasteiger partial charge < -0.3 is 10.1 Å². The van der Waals surface area contributed by atoms with Crippen molar-refractivity contribution in [3.63, 3.8) is 0 Å². The fraction of sp³-hybridized carbons (Fsp3) is 0.909. The normalized spacial score (nSPS) is 16.8. The van der Waals surface area contributed by atoms with E-state index in [1.807, 2.05) is 0 Å². The van der Waals surface area contributed by atoms with Gasteiger partial charge in [0.05, 0.1) is 13.0 Å². The van der Waals surface area contributed by atoms with E-state index in [0.717, 1.165) is 25.9 Å². The molecule has 0 amide bonds. The van der Waals surface area contributed by atoms with Crippen LogP contribution in [0.25, 0.3) is 0 Å². The molecule has 82 valence electrons. The Bertz CT molecular complexity index is 176. The van der Waals surface area contributed by atoms with E-state index in [-0.39, 0.29) is 5.97 Å². The summed E-state index contributed by atoms with van der Waals surface area (Å²) in [5, 5.41) is 3.14. The summed E-state index contributed by atoms with van der Waals surface area (Å²) in [6.45, 7) is 6.91. The molecule has 0 aromatic heterocycles. The minimum absolute atomic E-state index is 0.0275. The van der Waals surface area contributed by atoms with E-state index >= 15 is 0 Å². The van der Waals surface area contributed by atoms with Crippen LogP contribution in [-0.2, 0) is 9.53 Å². The summed E-state index contributed by atoms with van der Waals surface area (Å²) in [5.41, 5.74) is 0. The van der Waals surface area contributed by atoms with Gasteiger partial charge in [-0.2, -0.15) is 0 Å². The highest BCUT2D eigenvalue weighted by Gasteiger charge is 2.20. The lowest BCUT2D eigenvalue weighted by Gasteiger charge is -2.25. The van der Waals surface area contributed by atoms with Crippen LogP contribution >= 0.6 is 0 Å². The maximum atomic E-state index is 11.2. The zero-order valence-corrected chi connectivity index (χ0v) is 9.21. The van der Waals surface area contributed by atoms with Gasteiger partial charge in [-0.25, -0.2) is 0 Å². The van der Waals surface area contributed by atoms with Crippen molar-refractivity contribution in [3.05, 3.63) is 0 Å². The summed E-state index contributed by atoms with van der Waals surface area (Å²) in [5.74, 6) is 1.19. The Hall–Kier alpha value is -0.570. The monoisotopic (exact) mass is 199 g/mol. The molecule has 1 N–H and O–H groups in total. The third-order valence-corrected chi connectivity index (χ3v) is 2.51. The van der Waals surface area contributed by atoms with Gasteiger partial charge in [-0.05, 0) is 37.8 Å². The predicted molar refractivity (Wildman–Crippen MR) is 56.0 cm³/mol. The smallest absolute Gasteiger partial charge is 0.306 e. The number of esters is 1. The largest absolute Gasteiger partial charge is 0.466 e. The van der Waals surface area contributed by atoms with Crippen molar-refractivity contribution in [1.29, 1.82) is 0 Å². The topological polar surface area (TPSA) is 38.3 Å². The van der Waals surface area contributed by atoms with Crippen LogP contribution in [0.15, 0.2) is 0 Å². The van der Waals surface area contributed by atoms with E-state index in [4.69, 9.17) is 4.74 Å². The van der Waals surface area contributed by atoms with Gasteiger partial charge in [-0.3, -0.25) is 4.79 Å². The molecule has 3 heteroatoms. The van der Waals surface area contributed by atoms with Crippen LogP contribution in [0.4, 0.5) is 0 Å². The van der Waals surface area contributed by atoms with Crippen LogP contribution in [-0.4, -0.2) is 25.7 Å². The third-order valence-electron chi connectivity index (χ3n) is 2.51. The summed E-state index contributed by atoms with van der Waals surface area (Å²) in [6, 6.07) is 0. The molecule has 1 aliphatic heterocycles. The lowest BCUT2D eigenvalue weighted by Crippen LogP contribution is -2.43. The molecule has 1 aliphatic rings. The van der Waals surface area contributed by atoms with Crippen molar-refractivity contribution >= 4 is 5.97 Å². The second kappa shape index (κ2) is 6.02. The lowest BCUT2D eigenvalue weighted by molar-refractivity contribution is -0.145. The van der Waals surface area contributed by atoms with Gasteiger partial charge in [0.15, 0.2) is 0 Å². The Labute approximate surface area is 86.2 Å². The van der Waals surface area contributed by atoms with Crippen LogP contribution < -0.4 is 5.32 Å². The van der Waals surface area contributed by atoms with E-state index in [1.54, 1.807) is 0 Å². The SMILES string of the molecule is CC(C)CCCOC(=O)CC1CNC1. The molecule has 0 aromatic rings. The van der Waals surface area contributed by atoms with Gasteiger partial charge in [0.1, 0.15) is 0 Å². The zero-order chi connectivity index (χ0) is 10.4. The minimum atomic E-state index is -0.0275. The highest BCUT2D eigenvalue weighted by molar-refractivity contribution is 5.69. The number of ether oxygens (including phenoxy) is 1. The average molecular weight is 199 g/mol. The number of carbonyl (C=O) groups excluding carboxylic acids is 1. The van der Waals surface area contributed by atoms with Crippen molar-refractivity contribution in [3.8, 4) is 0 Å². The summed E-state index contributed by atoms with van der Waals surface area (Å²) in [7, 11) is 0. The Morgan fingerprint density at radius 2 is 2.21 bits per heavy atom. The fourth-order valence-corrected chi connectivity index (χ4v) is 1.47. The number of hydrogen-bond acceptors (Lipinski definition) is 3. The molecular formula is C11H21NO2. The van der Waals surface area contributed by atoms with Crippen LogP contribution in [0, 0.1) is 11.8 Å². The molecule has 1 rings (SSSR count). The molecule has 3 nitrogen and oxygen atoms in total. The maximum Gasteiger partial charge on any atom is 0.306 e. The molecule has 0 unspecified atom stereocenters. The van der Waals surface area contributed by atoms with Crippen molar-refractivity contribution < 1.29 is 9.53 Å². The van der Waals surface area contributed by atoms with E-state index in [2.05, 4.69) is 19.2 Å². The fourth-order valence-electron chi connectivity index (χ4n) is 1.47.